The maximum Gasteiger partial charge on any atom is 0.137 e. The highest BCUT2D eigenvalue weighted by Gasteiger charge is 2.29. The standard InChI is InChI=1S/C11H14O/c1-8-6-10(12)7-9-4-2-3-5-11(8)9/h2-4,8,11H,5-7H2,1H3. The van der Waals surface area contributed by atoms with E-state index in [1.54, 1.807) is 0 Å². The SMILES string of the molecule is CC1CC(=O)CC2=CC=CCC21. The van der Waals surface area contributed by atoms with Crippen LogP contribution in [0.4, 0.5) is 0 Å². The maximum absolute atomic E-state index is 11.3. The molecule has 0 amide bonds. The van der Waals surface area contributed by atoms with Gasteiger partial charge in [-0.05, 0) is 18.3 Å². The van der Waals surface area contributed by atoms with Gasteiger partial charge in [0, 0.05) is 12.8 Å². The molecule has 2 aliphatic carbocycles. The van der Waals surface area contributed by atoms with Crippen LogP contribution in [-0.2, 0) is 4.79 Å². The summed E-state index contributed by atoms with van der Waals surface area (Å²) in [6.07, 6.45) is 9.05. The quantitative estimate of drug-likeness (QED) is 0.535. The van der Waals surface area contributed by atoms with Crippen LogP contribution in [0.5, 0.6) is 0 Å². The first-order valence-corrected chi connectivity index (χ1v) is 4.64. The Morgan fingerprint density at radius 1 is 1.50 bits per heavy atom. The number of rotatable bonds is 0. The van der Waals surface area contributed by atoms with Gasteiger partial charge in [0.1, 0.15) is 5.78 Å². The van der Waals surface area contributed by atoms with Gasteiger partial charge in [-0.25, -0.2) is 0 Å². The largest absolute Gasteiger partial charge is 0.299 e. The summed E-state index contributed by atoms with van der Waals surface area (Å²) in [5.74, 6) is 1.63. The summed E-state index contributed by atoms with van der Waals surface area (Å²) in [5.41, 5.74) is 1.36. The van der Waals surface area contributed by atoms with Crippen LogP contribution >= 0.6 is 0 Å². The van der Waals surface area contributed by atoms with Gasteiger partial charge in [-0.3, -0.25) is 4.79 Å². The Labute approximate surface area is 73.2 Å². The van der Waals surface area contributed by atoms with Crippen molar-refractivity contribution in [3.8, 4) is 0 Å². The average molecular weight is 162 g/mol. The summed E-state index contributed by atoms with van der Waals surface area (Å²) in [6.45, 7) is 2.19. The van der Waals surface area contributed by atoms with E-state index in [0.717, 1.165) is 12.8 Å². The molecule has 1 nitrogen and oxygen atoms in total. The van der Waals surface area contributed by atoms with Crippen LogP contribution in [0.3, 0.4) is 0 Å². The van der Waals surface area contributed by atoms with Crippen LogP contribution in [0, 0.1) is 11.8 Å². The molecule has 0 aromatic carbocycles. The number of hydrogen-bond acceptors (Lipinski definition) is 1. The van der Waals surface area contributed by atoms with Crippen molar-refractivity contribution in [2.24, 2.45) is 11.8 Å². The zero-order valence-corrected chi connectivity index (χ0v) is 7.42. The summed E-state index contributed by atoms with van der Waals surface area (Å²) in [5, 5.41) is 0. The van der Waals surface area contributed by atoms with Crippen molar-refractivity contribution >= 4 is 5.78 Å². The molecule has 2 rings (SSSR count). The van der Waals surface area contributed by atoms with Crippen molar-refractivity contribution in [3.63, 3.8) is 0 Å². The number of fused-ring (bicyclic) bond motifs is 1. The van der Waals surface area contributed by atoms with Gasteiger partial charge in [-0.15, -0.1) is 0 Å². The lowest BCUT2D eigenvalue weighted by atomic mass is 9.73. The Morgan fingerprint density at radius 2 is 2.33 bits per heavy atom. The molecule has 0 aromatic heterocycles. The maximum atomic E-state index is 11.3. The van der Waals surface area contributed by atoms with Crippen LogP contribution in [0.1, 0.15) is 26.2 Å². The Balaban J connectivity index is 2.24. The molecule has 2 aliphatic rings. The highest BCUT2D eigenvalue weighted by Crippen LogP contribution is 2.36. The third kappa shape index (κ3) is 1.24. The van der Waals surface area contributed by atoms with Crippen molar-refractivity contribution in [2.75, 3.05) is 0 Å². The summed E-state index contributed by atoms with van der Waals surface area (Å²) >= 11 is 0. The Bertz CT molecular complexity index is 260. The lowest BCUT2D eigenvalue weighted by Gasteiger charge is -2.31. The Morgan fingerprint density at radius 3 is 3.17 bits per heavy atom. The van der Waals surface area contributed by atoms with Crippen LogP contribution < -0.4 is 0 Å². The Kier molecular flexibility index (Phi) is 1.87. The smallest absolute Gasteiger partial charge is 0.137 e. The van der Waals surface area contributed by atoms with Crippen LogP contribution in [0.2, 0.25) is 0 Å². The van der Waals surface area contributed by atoms with Crippen molar-refractivity contribution in [2.45, 2.75) is 26.2 Å². The van der Waals surface area contributed by atoms with Crippen LogP contribution in [0.25, 0.3) is 0 Å². The molecule has 1 saturated carbocycles. The Hall–Kier alpha value is -0.850. The third-order valence-electron chi connectivity index (χ3n) is 2.95. The first kappa shape index (κ1) is 7.78. The molecule has 0 heterocycles. The number of carbonyl (C=O) groups is 1. The van der Waals surface area contributed by atoms with Gasteiger partial charge in [0.2, 0.25) is 0 Å². The van der Waals surface area contributed by atoms with Gasteiger partial charge >= 0.3 is 0 Å². The van der Waals surface area contributed by atoms with Crippen molar-refractivity contribution in [1.29, 1.82) is 0 Å². The number of carbonyl (C=O) groups excluding carboxylic acids is 1. The summed E-state index contributed by atoms with van der Waals surface area (Å²) in [6, 6.07) is 0. The zero-order chi connectivity index (χ0) is 8.55. The van der Waals surface area contributed by atoms with Crippen LogP contribution in [0.15, 0.2) is 23.8 Å². The van der Waals surface area contributed by atoms with Crippen molar-refractivity contribution < 1.29 is 4.79 Å². The topological polar surface area (TPSA) is 17.1 Å². The van der Waals surface area contributed by atoms with Crippen LogP contribution in [-0.4, -0.2) is 5.78 Å². The number of ketones is 1. The predicted octanol–water partition coefficient (Wildman–Crippen LogP) is 2.49. The van der Waals surface area contributed by atoms with E-state index >= 15 is 0 Å². The molecule has 0 aromatic rings. The van der Waals surface area contributed by atoms with Gasteiger partial charge in [0.15, 0.2) is 0 Å². The van der Waals surface area contributed by atoms with E-state index in [2.05, 4.69) is 25.2 Å². The highest BCUT2D eigenvalue weighted by molar-refractivity contribution is 5.82. The van der Waals surface area contributed by atoms with Gasteiger partial charge < -0.3 is 0 Å². The lowest BCUT2D eigenvalue weighted by molar-refractivity contribution is -0.120. The van der Waals surface area contributed by atoms with E-state index in [9.17, 15) is 4.79 Å². The minimum absolute atomic E-state index is 0.417. The minimum atomic E-state index is 0.417. The molecular weight excluding hydrogens is 148 g/mol. The van der Waals surface area contributed by atoms with E-state index in [4.69, 9.17) is 0 Å². The van der Waals surface area contributed by atoms with Gasteiger partial charge in [0.25, 0.3) is 0 Å². The molecule has 0 bridgehead atoms. The molecule has 1 heteroatoms. The second-order valence-electron chi connectivity index (χ2n) is 3.91. The minimum Gasteiger partial charge on any atom is -0.299 e. The number of Topliss-reactive ketones (excluding diaryl/α,β-unsaturated/α-hetero) is 1. The summed E-state index contributed by atoms with van der Waals surface area (Å²) in [4.78, 5) is 11.3. The highest BCUT2D eigenvalue weighted by atomic mass is 16.1. The first-order valence-electron chi connectivity index (χ1n) is 4.64. The van der Waals surface area contributed by atoms with Gasteiger partial charge in [0.05, 0.1) is 0 Å². The number of allylic oxidation sites excluding steroid dienone is 4. The average Bonchev–Trinajstić information content (AvgIpc) is 2.04. The molecule has 12 heavy (non-hydrogen) atoms. The lowest BCUT2D eigenvalue weighted by Crippen LogP contribution is -2.25. The molecule has 2 atom stereocenters. The molecule has 64 valence electrons. The second-order valence-corrected chi connectivity index (χ2v) is 3.91. The number of hydrogen-bond donors (Lipinski definition) is 0. The second kappa shape index (κ2) is 2.89. The normalized spacial score (nSPS) is 34.4. The monoisotopic (exact) mass is 162 g/mol. The summed E-state index contributed by atoms with van der Waals surface area (Å²) in [7, 11) is 0. The zero-order valence-electron chi connectivity index (χ0n) is 7.42. The van der Waals surface area contributed by atoms with Gasteiger partial charge in [-0.1, -0.05) is 30.7 Å². The predicted molar refractivity (Wildman–Crippen MR) is 48.7 cm³/mol. The van der Waals surface area contributed by atoms with Crippen molar-refractivity contribution in [3.05, 3.63) is 23.8 Å². The molecule has 1 fully saturated rings. The molecule has 0 N–H and O–H groups in total. The molecule has 2 unspecified atom stereocenters. The third-order valence-corrected chi connectivity index (χ3v) is 2.95. The van der Waals surface area contributed by atoms with E-state index in [0.29, 0.717) is 24.0 Å². The molecule has 0 saturated heterocycles. The first-order chi connectivity index (χ1) is 5.77. The van der Waals surface area contributed by atoms with Gasteiger partial charge in [-0.2, -0.15) is 0 Å². The fourth-order valence-corrected chi connectivity index (χ4v) is 2.28. The molecular formula is C11H14O. The van der Waals surface area contributed by atoms with E-state index < -0.39 is 0 Å². The molecule has 0 aliphatic heterocycles. The van der Waals surface area contributed by atoms with E-state index in [1.807, 2.05) is 0 Å². The van der Waals surface area contributed by atoms with E-state index in [1.165, 1.54) is 5.57 Å². The fourth-order valence-electron chi connectivity index (χ4n) is 2.28. The molecule has 0 radical (unpaired) electrons. The fraction of sp³-hybridized carbons (Fsp3) is 0.545. The summed E-state index contributed by atoms with van der Waals surface area (Å²) < 4.78 is 0. The molecule has 0 spiro atoms. The van der Waals surface area contributed by atoms with Crippen molar-refractivity contribution in [1.82, 2.24) is 0 Å². The van der Waals surface area contributed by atoms with E-state index in [-0.39, 0.29) is 0 Å².